The standard InChI is InChI=1S/C11H13FN2O5S/c1-20(18,19)5-4-9(11(16)17)14-10(15)8-3-2-7(12)6-13-8/h2-3,6,9H,4-5H2,1H3,(H,14,15)(H,16,17). The highest BCUT2D eigenvalue weighted by Crippen LogP contribution is 2.02. The highest BCUT2D eigenvalue weighted by atomic mass is 32.2. The predicted octanol–water partition coefficient (Wildman–Crippen LogP) is -0.162. The zero-order valence-electron chi connectivity index (χ0n) is 10.5. The third kappa shape index (κ3) is 5.31. The van der Waals surface area contributed by atoms with Gasteiger partial charge in [0.05, 0.1) is 11.9 Å². The van der Waals surface area contributed by atoms with E-state index in [-0.39, 0.29) is 17.9 Å². The van der Waals surface area contributed by atoms with Gasteiger partial charge in [0.15, 0.2) is 0 Å². The lowest BCUT2D eigenvalue weighted by molar-refractivity contribution is -0.139. The molecule has 0 aromatic carbocycles. The summed E-state index contributed by atoms with van der Waals surface area (Å²) in [4.78, 5) is 26.1. The van der Waals surface area contributed by atoms with E-state index in [1.54, 1.807) is 0 Å². The second-order valence-electron chi connectivity index (χ2n) is 4.14. The van der Waals surface area contributed by atoms with Crippen LogP contribution < -0.4 is 5.32 Å². The minimum Gasteiger partial charge on any atom is -0.480 e. The van der Waals surface area contributed by atoms with Crippen LogP contribution in [-0.4, -0.2) is 48.4 Å². The number of carbonyl (C=O) groups is 2. The number of hydrogen-bond acceptors (Lipinski definition) is 5. The van der Waals surface area contributed by atoms with E-state index < -0.39 is 33.6 Å². The molecule has 1 aromatic rings. The molecule has 0 spiro atoms. The maximum absolute atomic E-state index is 12.6. The topological polar surface area (TPSA) is 113 Å². The molecule has 1 atom stereocenters. The van der Waals surface area contributed by atoms with Crippen molar-refractivity contribution in [3.63, 3.8) is 0 Å². The van der Waals surface area contributed by atoms with Gasteiger partial charge in [0.25, 0.3) is 5.91 Å². The van der Waals surface area contributed by atoms with Gasteiger partial charge in [-0.1, -0.05) is 0 Å². The van der Waals surface area contributed by atoms with Crippen LogP contribution in [0.4, 0.5) is 4.39 Å². The number of carboxylic acids is 1. The summed E-state index contributed by atoms with van der Waals surface area (Å²) in [7, 11) is -3.34. The minimum atomic E-state index is -3.34. The Kier molecular flexibility index (Phi) is 5.14. The molecule has 2 N–H and O–H groups in total. The first-order chi connectivity index (χ1) is 9.19. The molecule has 1 aromatic heterocycles. The van der Waals surface area contributed by atoms with Crippen LogP contribution in [0.25, 0.3) is 0 Å². The molecule has 1 unspecified atom stereocenters. The fourth-order valence-corrected chi connectivity index (χ4v) is 2.00. The van der Waals surface area contributed by atoms with Crippen molar-refractivity contribution in [2.75, 3.05) is 12.0 Å². The van der Waals surface area contributed by atoms with Crippen LogP contribution in [0.3, 0.4) is 0 Å². The number of nitrogens with one attached hydrogen (secondary N) is 1. The van der Waals surface area contributed by atoms with Gasteiger partial charge in [0.1, 0.15) is 27.4 Å². The van der Waals surface area contributed by atoms with E-state index in [2.05, 4.69) is 10.3 Å². The molecule has 0 radical (unpaired) electrons. The first-order valence-corrected chi connectivity index (χ1v) is 7.58. The van der Waals surface area contributed by atoms with E-state index in [9.17, 15) is 22.4 Å². The van der Waals surface area contributed by atoms with Crippen LogP contribution in [0.2, 0.25) is 0 Å². The molecule has 0 saturated heterocycles. The third-order valence-electron chi connectivity index (χ3n) is 2.34. The zero-order chi connectivity index (χ0) is 15.3. The van der Waals surface area contributed by atoms with Crippen LogP contribution in [0.1, 0.15) is 16.9 Å². The van der Waals surface area contributed by atoms with Gasteiger partial charge in [-0.2, -0.15) is 0 Å². The summed E-state index contributed by atoms with van der Waals surface area (Å²) >= 11 is 0. The van der Waals surface area contributed by atoms with Crippen LogP contribution in [0.5, 0.6) is 0 Å². The number of aromatic nitrogens is 1. The first-order valence-electron chi connectivity index (χ1n) is 5.52. The van der Waals surface area contributed by atoms with Crippen molar-refractivity contribution in [2.24, 2.45) is 0 Å². The van der Waals surface area contributed by atoms with Gasteiger partial charge in [0.2, 0.25) is 0 Å². The predicted molar refractivity (Wildman–Crippen MR) is 67.4 cm³/mol. The minimum absolute atomic E-state index is 0.156. The Morgan fingerprint density at radius 2 is 2.10 bits per heavy atom. The van der Waals surface area contributed by atoms with Crippen molar-refractivity contribution in [2.45, 2.75) is 12.5 Å². The monoisotopic (exact) mass is 304 g/mol. The van der Waals surface area contributed by atoms with Gasteiger partial charge in [0, 0.05) is 6.26 Å². The summed E-state index contributed by atoms with van der Waals surface area (Å²) in [5.41, 5.74) is -0.156. The number of hydrogen-bond donors (Lipinski definition) is 2. The second kappa shape index (κ2) is 6.42. The van der Waals surface area contributed by atoms with Gasteiger partial charge in [-0.15, -0.1) is 0 Å². The molecule has 0 aliphatic carbocycles. The lowest BCUT2D eigenvalue weighted by atomic mass is 10.2. The van der Waals surface area contributed by atoms with Gasteiger partial charge in [-0.25, -0.2) is 22.6 Å². The third-order valence-corrected chi connectivity index (χ3v) is 3.32. The largest absolute Gasteiger partial charge is 0.480 e. The van der Waals surface area contributed by atoms with Crippen molar-refractivity contribution < 1.29 is 27.5 Å². The molecule has 0 aliphatic rings. The Labute approximate surface area is 114 Å². The van der Waals surface area contributed by atoms with Crippen molar-refractivity contribution in [3.8, 4) is 0 Å². The van der Waals surface area contributed by atoms with Gasteiger partial charge in [-0.05, 0) is 18.6 Å². The summed E-state index contributed by atoms with van der Waals surface area (Å²) in [5, 5.41) is 11.1. The van der Waals surface area contributed by atoms with Crippen molar-refractivity contribution in [3.05, 3.63) is 29.8 Å². The van der Waals surface area contributed by atoms with E-state index in [1.807, 2.05) is 0 Å². The molecule has 7 nitrogen and oxygen atoms in total. The molecular formula is C11H13FN2O5S. The Hall–Kier alpha value is -2.03. The smallest absolute Gasteiger partial charge is 0.326 e. The van der Waals surface area contributed by atoms with E-state index in [0.717, 1.165) is 24.6 Å². The summed E-state index contributed by atoms with van der Waals surface area (Å²) in [6.07, 6.45) is 1.53. The zero-order valence-corrected chi connectivity index (χ0v) is 11.4. The second-order valence-corrected chi connectivity index (χ2v) is 6.40. The highest BCUT2D eigenvalue weighted by Gasteiger charge is 2.22. The van der Waals surface area contributed by atoms with Crippen molar-refractivity contribution >= 4 is 21.7 Å². The quantitative estimate of drug-likeness (QED) is 0.755. The highest BCUT2D eigenvalue weighted by molar-refractivity contribution is 7.90. The lowest BCUT2D eigenvalue weighted by Crippen LogP contribution is -2.42. The van der Waals surface area contributed by atoms with Crippen molar-refractivity contribution in [1.82, 2.24) is 10.3 Å². The molecule has 1 rings (SSSR count). The van der Waals surface area contributed by atoms with Gasteiger partial charge in [-0.3, -0.25) is 4.79 Å². The lowest BCUT2D eigenvalue weighted by Gasteiger charge is -2.13. The maximum Gasteiger partial charge on any atom is 0.326 e. The molecule has 0 aliphatic heterocycles. The Balaban J connectivity index is 2.73. The average Bonchev–Trinajstić information content (AvgIpc) is 2.33. The van der Waals surface area contributed by atoms with Crippen LogP contribution in [-0.2, 0) is 14.6 Å². The Morgan fingerprint density at radius 1 is 1.45 bits per heavy atom. The molecule has 20 heavy (non-hydrogen) atoms. The maximum atomic E-state index is 12.6. The van der Waals surface area contributed by atoms with E-state index in [4.69, 9.17) is 5.11 Å². The number of halogens is 1. The number of nitrogens with zero attached hydrogens (tertiary/aromatic N) is 1. The number of sulfone groups is 1. The molecule has 0 fully saturated rings. The SMILES string of the molecule is CS(=O)(=O)CCC(NC(=O)c1ccc(F)cn1)C(=O)O. The first kappa shape index (κ1) is 16.0. The van der Waals surface area contributed by atoms with Gasteiger partial charge < -0.3 is 10.4 Å². The number of amides is 1. The summed E-state index contributed by atoms with van der Waals surface area (Å²) in [6.45, 7) is 0. The van der Waals surface area contributed by atoms with Crippen LogP contribution in [0.15, 0.2) is 18.3 Å². The number of aliphatic carboxylic acids is 1. The number of rotatable bonds is 6. The van der Waals surface area contributed by atoms with E-state index in [0.29, 0.717) is 0 Å². The number of carbonyl (C=O) groups excluding carboxylic acids is 1. The summed E-state index contributed by atoms with van der Waals surface area (Å²) in [6, 6.07) is 0.748. The Morgan fingerprint density at radius 3 is 2.55 bits per heavy atom. The van der Waals surface area contributed by atoms with Crippen LogP contribution >= 0.6 is 0 Å². The summed E-state index contributed by atoms with van der Waals surface area (Å²) < 4.78 is 34.6. The Bertz CT molecular complexity index is 600. The summed E-state index contributed by atoms with van der Waals surface area (Å²) in [5.74, 6) is -3.18. The molecular weight excluding hydrogens is 291 g/mol. The fraction of sp³-hybridized carbons (Fsp3) is 0.364. The molecule has 1 heterocycles. The molecule has 0 saturated carbocycles. The van der Waals surface area contributed by atoms with E-state index in [1.165, 1.54) is 0 Å². The molecule has 1 amide bonds. The normalized spacial score (nSPS) is 12.7. The fourth-order valence-electron chi connectivity index (χ4n) is 1.33. The van der Waals surface area contributed by atoms with E-state index >= 15 is 0 Å². The average molecular weight is 304 g/mol. The number of carboxylic acid groups (broad SMARTS) is 1. The van der Waals surface area contributed by atoms with Crippen molar-refractivity contribution in [1.29, 1.82) is 0 Å². The number of pyridine rings is 1. The molecule has 9 heteroatoms. The van der Waals surface area contributed by atoms with Crippen LogP contribution in [0, 0.1) is 5.82 Å². The molecule has 110 valence electrons. The molecule has 0 bridgehead atoms. The van der Waals surface area contributed by atoms with Gasteiger partial charge >= 0.3 is 5.97 Å².